The molecule has 0 saturated heterocycles. The van der Waals surface area contributed by atoms with E-state index in [1.54, 1.807) is 0 Å². The lowest BCUT2D eigenvalue weighted by Gasteiger charge is -2.25. The average Bonchev–Trinajstić information content (AvgIpc) is 2.54. The van der Waals surface area contributed by atoms with Crippen LogP contribution in [0.5, 0.6) is 0 Å². The largest absolute Gasteiger partial charge is 0.310 e. The van der Waals surface area contributed by atoms with Gasteiger partial charge >= 0.3 is 0 Å². The predicted octanol–water partition coefficient (Wildman–Crippen LogP) is 5.14. The average molecular weight is 280 g/mol. The zero-order chi connectivity index (χ0) is 12.3. The molecule has 1 rings (SSSR count). The minimum Gasteiger partial charge on any atom is -0.310 e. The lowest BCUT2D eigenvalue weighted by molar-refractivity contribution is 0.314. The van der Waals surface area contributed by atoms with Crippen molar-refractivity contribution in [2.45, 2.75) is 40.2 Å². The third-order valence-electron chi connectivity index (χ3n) is 2.99. The van der Waals surface area contributed by atoms with Gasteiger partial charge in [-0.1, -0.05) is 44.0 Å². The van der Waals surface area contributed by atoms with E-state index in [4.69, 9.17) is 23.2 Å². The molecule has 1 nitrogen and oxygen atoms in total. The van der Waals surface area contributed by atoms with Crippen LogP contribution in [0.3, 0.4) is 0 Å². The molecule has 0 spiro atoms. The summed E-state index contributed by atoms with van der Waals surface area (Å²) in [6.45, 7) is 9.83. The zero-order valence-electron chi connectivity index (χ0n) is 10.2. The summed E-state index contributed by atoms with van der Waals surface area (Å²) < 4.78 is 1.54. The summed E-state index contributed by atoms with van der Waals surface area (Å²) in [5, 5.41) is 3.51. The lowest BCUT2D eigenvalue weighted by atomic mass is 9.90. The van der Waals surface area contributed by atoms with Gasteiger partial charge in [-0.05, 0) is 30.4 Å². The van der Waals surface area contributed by atoms with Gasteiger partial charge in [0, 0.05) is 12.6 Å². The monoisotopic (exact) mass is 279 g/mol. The van der Waals surface area contributed by atoms with Gasteiger partial charge < -0.3 is 5.32 Å². The van der Waals surface area contributed by atoms with Crippen LogP contribution < -0.4 is 5.32 Å². The Kier molecular flexibility index (Phi) is 5.11. The molecule has 1 heterocycles. The predicted molar refractivity (Wildman–Crippen MR) is 74.8 cm³/mol. The quantitative estimate of drug-likeness (QED) is 0.787. The molecule has 0 saturated carbocycles. The van der Waals surface area contributed by atoms with E-state index < -0.39 is 0 Å². The van der Waals surface area contributed by atoms with Gasteiger partial charge in [-0.15, -0.1) is 11.3 Å². The standard InChI is InChI=1S/C12H19Cl2NS/c1-5-12(3,4)7-15-8(2)9-6-10(13)16-11(9)14/h6,8,15H,5,7H2,1-4H3. The molecule has 1 atom stereocenters. The van der Waals surface area contributed by atoms with Crippen molar-refractivity contribution in [3.05, 3.63) is 20.3 Å². The molecule has 0 aliphatic carbocycles. The van der Waals surface area contributed by atoms with Gasteiger partial charge in [-0.2, -0.15) is 0 Å². The normalized spacial score (nSPS) is 14.1. The number of hydrogen-bond donors (Lipinski definition) is 1. The van der Waals surface area contributed by atoms with E-state index >= 15 is 0 Å². The second kappa shape index (κ2) is 5.72. The fourth-order valence-corrected chi connectivity index (χ4v) is 2.96. The Morgan fingerprint density at radius 2 is 2.06 bits per heavy atom. The van der Waals surface area contributed by atoms with E-state index in [0.29, 0.717) is 5.41 Å². The second-order valence-corrected chi connectivity index (χ2v) is 7.19. The summed E-state index contributed by atoms with van der Waals surface area (Å²) in [6.07, 6.45) is 1.16. The third kappa shape index (κ3) is 3.92. The van der Waals surface area contributed by atoms with Gasteiger partial charge in [-0.3, -0.25) is 0 Å². The van der Waals surface area contributed by atoms with Crippen molar-refractivity contribution >= 4 is 34.5 Å². The van der Waals surface area contributed by atoms with Gasteiger partial charge in [0.1, 0.15) is 0 Å². The highest BCUT2D eigenvalue weighted by Gasteiger charge is 2.18. The minimum absolute atomic E-state index is 0.252. The number of nitrogens with one attached hydrogen (secondary N) is 1. The summed E-state index contributed by atoms with van der Waals surface area (Å²) in [7, 11) is 0. The number of halogens is 2. The van der Waals surface area contributed by atoms with Gasteiger partial charge in [0.25, 0.3) is 0 Å². The van der Waals surface area contributed by atoms with Crippen LogP contribution in [0.4, 0.5) is 0 Å². The fraction of sp³-hybridized carbons (Fsp3) is 0.667. The molecule has 0 aliphatic heterocycles. The molecule has 0 bridgehead atoms. The van der Waals surface area contributed by atoms with Gasteiger partial charge in [-0.25, -0.2) is 0 Å². The van der Waals surface area contributed by atoms with Crippen LogP contribution >= 0.6 is 34.5 Å². The molecule has 0 amide bonds. The van der Waals surface area contributed by atoms with Crippen LogP contribution in [0.25, 0.3) is 0 Å². The van der Waals surface area contributed by atoms with E-state index in [1.807, 2.05) is 6.07 Å². The molecule has 16 heavy (non-hydrogen) atoms. The topological polar surface area (TPSA) is 12.0 Å². The molecule has 1 unspecified atom stereocenters. The minimum atomic E-state index is 0.252. The van der Waals surface area contributed by atoms with Crippen LogP contribution in [-0.2, 0) is 0 Å². The second-order valence-electron chi connectivity index (χ2n) is 4.90. The Hall–Kier alpha value is 0.240. The maximum atomic E-state index is 6.12. The highest BCUT2D eigenvalue weighted by Crippen LogP contribution is 2.35. The third-order valence-corrected chi connectivity index (χ3v) is 4.51. The summed E-state index contributed by atoms with van der Waals surface area (Å²) >= 11 is 13.5. The van der Waals surface area contributed by atoms with Crippen LogP contribution in [0, 0.1) is 5.41 Å². The van der Waals surface area contributed by atoms with Crippen molar-refractivity contribution in [1.82, 2.24) is 5.32 Å². The van der Waals surface area contributed by atoms with E-state index in [0.717, 1.165) is 27.2 Å². The Morgan fingerprint density at radius 3 is 2.50 bits per heavy atom. The molecule has 1 N–H and O–H groups in total. The highest BCUT2D eigenvalue weighted by molar-refractivity contribution is 7.20. The molecule has 0 aliphatic rings. The molecule has 92 valence electrons. The van der Waals surface area contributed by atoms with Crippen molar-refractivity contribution in [1.29, 1.82) is 0 Å². The highest BCUT2D eigenvalue weighted by atomic mass is 35.5. The SMILES string of the molecule is CCC(C)(C)CNC(C)c1cc(Cl)sc1Cl. The Labute approximate surface area is 112 Å². The van der Waals surface area contributed by atoms with Crippen LogP contribution in [0.15, 0.2) is 6.07 Å². The molecule has 0 aromatic carbocycles. The van der Waals surface area contributed by atoms with Crippen LogP contribution in [0.2, 0.25) is 8.67 Å². The van der Waals surface area contributed by atoms with Crippen molar-refractivity contribution in [2.75, 3.05) is 6.54 Å². The maximum Gasteiger partial charge on any atom is 0.0991 e. The summed E-state index contributed by atoms with van der Waals surface area (Å²) in [6, 6.07) is 2.20. The summed E-state index contributed by atoms with van der Waals surface area (Å²) in [5.74, 6) is 0. The summed E-state index contributed by atoms with van der Waals surface area (Å²) in [4.78, 5) is 0. The van der Waals surface area contributed by atoms with Crippen LogP contribution in [0.1, 0.15) is 45.7 Å². The maximum absolute atomic E-state index is 6.12. The summed E-state index contributed by atoms with van der Waals surface area (Å²) in [5.41, 5.74) is 1.42. The van der Waals surface area contributed by atoms with E-state index in [1.165, 1.54) is 11.3 Å². The molecule has 1 aromatic heterocycles. The van der Waals surface area contributed by atoms with Crippen molar-refractivity contribution in [3.63, 3.8) is 0 Å². The van der Waals surface area contributed by atoms with Gasteiger partial charge in [0.15, 0.2) is 0 Å². The Morgan fingerprint density at radius 1 is 1.44 bits per heavy atom. The van der Waals surface area contributed by atoms with Crippen LogP contribution in [-0.4, -0.2) is 6.54 Å². The molecule has 1 aromatic rings. The first-order valence-electron chi connectivity index (χ1n) is 5.54. The molecule has 4 heteroatoms. The first kappa shape index (κ1) is 14.3. The van der Waals surface area contributed by atoms with E-state index in [-0.39, 0.29) is 6.04 Å². The van der Waals surface area contributed by atoms with E-state index in [9.17, 15) is 0 Å². The van der Waals surface area contributed by atoms with Crippen molar-refractivity contribution in [3.8, 4) is 0 Å². The first-order valence-corrected chi connectivity index (χ1v) is 7.11. The smallest absolute Gasteiger partial charge is 0.0991 e. The van der Waals surface area contributed by atoms with E-state index in [2.05, 4.69) is 33.0 Å². The van der Waals surface area contributed by atoms with Gasteiger partial charge in [0.2, 0.25) is 0 Å². The van der Waals surface area contributed by atoms with Gasteiger partial charge in [0.05, 0.1) is 8.67 Å². The Balaban J connectivity index is 2.59. The molecule has 0 radical (unpaired) electrons. The first-order chi connectivity index (χ1) is 7.35. The number of hydrogen-bond acceptors (Lipinski definition) is 2. The molecular weight excluding hydrogens is 261 g/mol. The van der Waals surface area contributed by atoms with Crippen molar-refractivity contribution in [2.24, 2.45) is 5.41 Å². The molecular formula is C12H19Cl2NS. The number of thiophene rings is 1. The molecule has 0 fully saturated rings. The Bertz CT molecular complexity index is 347. The number of rotatable bonds is 5. The lowest BCUT2D eigenvalue weighted by Crippen LogP contribution is -2.30. The van der Waals surface area contributed by atoms with Crippen molar-refractivity contribution < 1.29 is 0 Å². The fourth-order valence-electron chi connectivity index (χ4n) is 1.31. The zero-order valence-corrected chi connectivity index (χ0v) is 12.6.